The van der Waals surface area contributed by atoms with E-state index in [4.69, 9.17) is 10.2 Å². The minimum absolute atomic E-state index is 0.148. The van der Waals surface area contributed by atoms with E-state index in [-0.39, 0.29) is 24.0 Å². The zero-order valence-electron chi connectivity index (χ0n) is 8.90. The first kappa shape index (κ1) is 12.4. The fraction of sp³-hybridized carbons (Fsp3) is 0.364. The Morgan fingerprint density at radius 1 is 1.56 bits per heavy atom. The van der Waals surface area contributed by atoms with Crippen molar-refractivity contribution in [3.63, 3.8) is 0 Å². The SMILES string of the molecule is CC[C@@H](CO)NC(=O)c1ccc(O)cc1F. The van der Waals surface area contributed by atoms with Crippen LogP contribution in [0.4, 0.5) is 4.39 Å². The van der Waals surface area contributed by atoms with Gasteiger partial charge in [0.1, 0.15) is 11.6 Å². The van der Waals surface area contributed by atoms with E-state index in [0.29, 0.717) is 6.42 Å². The van der Waals surface area contributed by atoms with Crippen LogP contribution in [0, 0.1) is 5.82 Å². The average molecular weight is 227 g/mol. The fourth-order valence-corrected chi connectivity index (χ4v) is 1.23. The highest BCUT2D eigenvalue weighted by molar-refractivity contribution is 5.94. The van der Waals surface area contributed by atoms with Crippen LogP contribution in [0.25, 0.3) is 0 Å². The maximum absolute atomic E-state index is 13.3. The van der Waals surface area contributed by atoms with Crippen LogP contribution in [-0.2, 0) is 0 Å². The third-order valence-electron chi connectivity index (χ3n) is 2.25. The third kappa shape index (κ3) is 2.93. The zero-order chi connectivity index (χ0) is 12.1. The van der Waals surface area contributed by atoms with E-state index in [2.05, 4.69) is 5.32 Å². The van der Waals surface area contributed by atoms with Crippen molar-refractivity contribution in [1.29, 1.82) is 0 Å². The summed E-state index contributed by atoms with van der Waals surface area (Å²) in [4.78, 5) is 11.6. The van der Waals surface area contributed by atoms with Gasteiger partial charge in [0.25, 0.3) is 5.91 Å². The summed E-state index contributed by atoms with van der Waals surface area (Å²) in [5.41, 5.74) is -0.148. The molecular formula is C11H14FNO3. The van der Waals surface area contributed by atoms with Crippen molar-refractivity contribution in [2.45, 2.75) is 19.4 Å². The van der Waals surface area contributed by atoms with Crippen molar-refractivity contribution in [2.24, 2.45) is 0 Å². The molecule has 1 atom stereocenters. The Kier molecular flexibility index (Phi) is 4.25. The van der Waals surface area contributed by atoms with Gasteiger partial charge in [-0.25, -0.2) is 4.39 Å². The van der Waals surface area contributed by atoms with E-state index in [9.17, 15) is 9.18 Å². The lowest BCUT2D eigenvalue weighted by atomic mass is 10.1. The number of rotatable bonds is 4. The lowest BCUT2D eigenvalue weighted by Gasteiger charge is -2.14. The zero-order valence-corrected chi connectivity index (χ0v) is 8.90. The third-order valence-corrected chi connectivity index (χ3v) is 2.25. The van der Waals surface area contributed by atoms with Crippen molar-refractivity contribution in [3.05, 3.63) is 29.6 Å². The Morgan fingerprint density at radius 3 is 2.75 bits per heavy atom. The molecule has 0 spiro atoms. The van der Waals surface area contributed by atoms with Gasteiger partial charge in [0, 0.05) is 6.07 Å². The van der Waals surface area contributed by atoms with Crippen molar-refractivity contribution in [2.75, 3.05) is 6.61 Å². The second kappa shape index (κ2) is 5.46. The molecule has 16 heavy (non-hydrogen) atoms. The molecule has 0 unspecified atom stereocenters. The summed E-state index contributed by atoms with van der Waals surface area (Å²) in [5, 5.41) is 20.4. The number of aromatic hydroxyl groups is 1. The summed E-state index contributed by atoms with van der Waals surface area (Å²) < 4.78 is 13.3. The smallest absolute Gasteiger partial charge is 0.254 e. The van der Waals surface area contributed by atoms with Crippen LogP contribution in [-0.4, -0.2) is 28.8 Å². The summed E-state index contributed by atoms with van der Waals surface area (Å²) in [6.07, 6.45) is 0.557. The summed E-state index contributed by atoms with van der Waals surface area (Å²) in [7, 11) is 0. The van der Waals surface area contributed by atoms with Crippen LogP contribution in [0.2, 0.25) is 0 Å². The van der Waals surface area contributed by atoms with Gasteiger partial charge in [-0.15, -0.1) is 0 Å². The summed E-state index contributed by atoms with van der Waals surface area (Å²) >= 11 is 0. The van der Waals surface area contributed by atoms with Crippen molar-refractivity contribution >= 4 is 5.91 Å². The molecule has 0 heterocycles. The van der Waals surface area contributed by atoms with Gasteiger partial charge < -0.3 is 15.5 Å². The minimum Gasteiger partial charge on any atom is -0.508 e. The van der Waals surface area contributed by atoms with Gasteiger partial charge in [-0.05, 0) is 18.6 Å². The second-order valence-electron chi connectivity index (χ2n) is 3.43. The Hall–Kier alpha value is -1.62. The predicted octanol–water partition coefficient (Wildman–Crippen LogP) is 1.03. The maximum Gasteiger partial charge on any atom is 0.254 e. The number of carbonyl (C=O) groups is 1. The number of hydrogen-bond donors (Lipinski definition) is 3. The first-order chi connectivity index (χ1) is 7.58. The number of hydrogen-bond acceptors (Lipinski definition) is 3. The molecule has 0 aliphatic carbocycles. The standard InChI is InChI=1S/C11H14FNO3/c1-2-7(6-14)13-11(16)9-4-3-8(15)5-10(9)12/h3-5,7,14-15H,2,6H2,1H3,(H,13,16)/t7-/m0/s1. The van der Waals surface area contributed by atoms with Crippen LogP contribution >= 0.6 is 0 Å². The van der Waals surface area contributed by atoms with Crippen LogP contribution in [0.3, 0.4) is 0 Å². The van der Waals surface area contributed by atoms with Gasteiger partial charge in [-0.1, -0.05) is 6.92 Å². The molecule has 0 aliphatic heterocycles. The number of nitrogens with one attached hydrogen (secondary N) is 1. The quantitative estimate of drug-likeness (QED) is 0.719. The number of carbonyl (C=O) groups excluding carboxylic acids is 1. The highest BCUT2D eigenvalue weighted by atomic mass is 19.1. The van der Waals surface area contributed by atoms with Gasteiger partial charge in [0.05, 0.1) is 18.2 Å². The molecule has 3 N–H and O–H groups in total. The highest BCUT2D eigenvalue weighted by Gasteiger charge is 2.15. The molecule has 0 saturated heterocycles. The Labute approximate surface area is 92.7 Å². The molecule has 0 aromatic heterocycles. The first-order valence-electron chi connectivity index (χ1n) is 4.98. The van der Waals surface area contributed by atoms with E-state index in [1.807, 2.05) is 0 Å². The largest absolute Gasteiger partial charge is 0.508 e. The van der Waals surface area contributed by atoms with Gasteiger partial charge in [0.2, 0.25) is 0 Å². The lowest BCUT2D eigenvalue weighted by molar-refractivity contribution is 0.0911. The Morgan fingerprint density at radius 2 is 2.25 bits per heavy atom. The van der Waals surface area contributed by atoms with E-state index in [0.717, 1.165) is 6.07 Å². The summed E-state index contributed by atoms with van der Waals surface area (Å²) in [5.74, 6) is -1.62. The Bertz CT molecular complexity index is 377. The summed E-state index contributed by atoms with van der Waals surface area (Å²) in [6, 6.07) is 2.91. The van der Waals surface area contributed by atoms with Crippen molar-refractivity contribution in [1.82, 2.24) is 5.32 Å². The van der Waals surface area contributed by atoms with Gasteiger partial charge >= 0.3 is 0 Å². The molecule has 0 bridgehead atoms. The van der Waals surface area contributed by atoms with E-state index in [1.54, 1.807) is 6.92 Å². The molecule has 0 saturated carbocycles. The van der Waals surface area contributed by atoms with Gasteiger partial charge in [0.15, 0.2) is 0 Å². The lowest BCUT2D eigenvalue weighted by Crippen LogP contribution is -2.37. The van der Waals surface area contributed by atoms with E-state index < -0.39 is 11.7 Å². The molecule has 0 radical (unpaired) electrons. The summed E-state index contributed by atoms with van der Waals surface area (Å²) in [6.45, 7) is 1.61. The number of phenols is 1. The predicted molar refractivity (Wildman–Crippen MR) is 56.7 cm³/mol. The molecule has 88 valence electrons. The number of amides is 1. The average Bonchev–Trinajstić information content (AvgIpc) is 2.25. The number of phenolic OH excluding ortho intramolecular Hbond substituents is 1. The van der Waals surface area contributed by atoms with Crippen LogP contribution in [0.15, 0.2) is 18.2 Å². The van der Waals surface area contributed by atoms with Crippen LogP contribution in [0.5, 0.6) is 5.75 Å². The fourth-order valence-electron chi connectivity index (χ4n) is 1.23. The topological polar surface area (TPSA) is 69.6 Å². The van der Waals surface area contributed by atoms with Gasteiger partial charge in [-0.2, -0.15) is 0 Å². The number of halogens is 1. The van der Waals surface area contributed by atoms with E-state index in [1.165, 1.54) is 12.1 Å². The second-order valence-corrected chi connectivity index (χ2v) is 3.43. The normalized spacial score (nSPS) is 12.2. The van der Waals surface area contributed by atoms with E-state index >= 15 is 0 Å². The Balaban J connectivity index is 2.80. The molecule has 0 fully saturated rings. The molecule has 4 nitrogen and oxygen atoms in total. The highest BCUT2D eigenvalue weighted by Crippen LogP contribution is 2.15. The van der Waals surface area contributed by atoms with Crippen LogP contribution in [0.1, 0.15) is 23.7 Å². The minimum atomic E-state index is -0.787. The van der Waals surface area contributed by atoms with Crippen LogP contribution < -0.4 is 5.32 Å². The maximum atomic E-state index is 13.3. The van der Waals surface area contributed by atoms with Gasteiger partial charge in [-0.3, -0.25) is 4.79 Å². The molecule has 1 aromatic carbocycles. The molecule has 5 heteroatoms. The number of aliphatic hydroxyl groups excluding tert-OH is 1. The molecule has 1 amide bonds. The van der Waals surface area contributed by atoms with Crippen molar-refractivity contribution in [3.8, 4) is 5.75 Å². The molecule has 1 aromatic rings. The van der Waals surface area contributed by atoms with Crippen molar-refractivity contribution < 1.29 is 19.4 Å². The number of aliphatic hydroxyl groups is 1. The molecular weight excluding hydrogens is 213 g/mol. The molecule has 1 rings (SSSR count). The first-order valence-corrected chi connectivity index (χ1v) is 4.98. The molecule has 0 aliphatic rings. The monoisotopic (exact) mass is 227 g/mol. The number of benzene rings is 1.